The predicted molar refractivity (Wildman–Crippen MR) is 123 cm³/mol. The number of ether oxygens (including phenoxy) is 2. The molecule has 172 valence electrons. The first kappa shape index (κ1) is 20.4. The zero-order valence-corrected chi connectivity index (χ0v) is 18.4. The largest absolute Gasteiger partial charge is 0.418 e. The van der Waals surface area contributed by atoms with Gasteiger partial charge in [0.1, 0.15) is 11.2 Å². The summed E-state index contributed by atoms with van der Waals surface area (Å²) in [4.78, 5) is 32.2. The molecule has 0 saturated carbocycles. The van der Waals surface area contributed by atoms with Gasteiger partial charge in [-0.1, -0.05) is 30.3 Å². The second-order valence-corrected chi connectivity index (χ2v) is 8.48. The fourth-order valence-electron chi connectivity index (χ4n) is 4.54. The number of carbonyl (C=O) groups is 2. The van der Waals surface area contributed by atoms with E-state index in [1.54, 1.807) is 24.1 Å². The molecule has 2 aliphatic rings. The Morgan fingerprint density at radius 2 is 2.06 bits per heavy atom. The topological polar surface area (TPSA) is 103 Å². The van der Waals surface area contributed by atoms with E-state index in [0.717, 1.165) is 17.7 Å². The van der Waals surface area contributed by atoms with Gasteiger partial charge < -0.3 is 18.8 Å². The predicted octanol–water partition coefficient (Wildman–Crippen LogP) is 2.96. The molecule has 0 unspecified atom stereocenters. The number of rotatable bonds is 4. The standard InChI is InChI=1S/C24H22N6O4/c1-28-23(19(11-25-28)22(31)30-12-18-10-17(30)14-33-18)34-24(32)26-16-7-8-29-13-20(27-21(29)9-16)15-5-3-2-4-6-15/h2-9,11,13,17-18H,10,12,14H2,1H3,(H,26,32)/t17-,18-/m0/s1. The van der Waals surface area contributed by atoms with Crippen LogP contribution < -0.4 is 10.1 Å². The molecule has 2 saturated heterocycles. The van der Waals surface area contributed by atoms with Crippen LogP contribution in [0, 0.1) is 0 Å². The van der Waals surface area contributed by atoms with Gasteiger partial charge in [0.05, 0.1) is 30.6 Å². The van der Waals surface area contributed by atoms with Crippen molar-refractivity contribution in [3.8, 4) is 17.1 Å². The molecule has 1 aromatic carbocycles. The molecule has 5 heterocycles. The molecule has 4 aromatic rings. The van der Waals surface area contributed by atoms with Gasteiger partial charge in [0.2, 0.25) is 5.88 Å². The fourth-order valence-corrected chi connectivity index (χ4v) is 4.54. The maximum atomic E-state index is 13.1. The summed E-state index contributed by atoms with van der Waals surface area (Å²) >= 11 is 0. The minimum atomic E-state index is -0.719. The van der Waals surface area contributed by atoms with Crippen molar-refractivity contribution in [3.05, 3.63) is 66.6 Å². The summed E-state index contributed by atoms with van der Waals surface area (Å²) in [6.45, 7) is 1.08. The number of nitrogens with one attached hydrogen (secondary N) is 1. The Hall–Kier alpha value is -4.18. The van der Waals surface area contributed by atoms with Crippen LogP contribution >= 0.6 is 0 Å². The maximum Gasteiger partial charge on any atom is 0.418 e. The Labute approximate surface area is 194 Å². The van der Waals surface area contributed by atoms with Crippen LogP contribution in [0.2, 0.25) is 0 Å². The normalized spacial score (nSPS) is 19.0. The van der Waals surface area contributed by atoms with Gasteiger partial charge in [-0.2, -0.15) is 5.10 Å². The molecule has 10 heteroatoms. The van der Waals surface area contributed by atoms with Crippen LogP contribution in [-0.4, -0.2) is 61.4 Å². The molecule has 0 radical (unpaired) electrons. The summed E-state index contributed by atoms with van der Waals surface area (Å²) in [6, 6.07) is 13.4. The second-order valence-electron chi connectivity index (χ2n) is 8.48. The molecule has 2 atom stereocenters. The minimum absolute atomic E-state index is 0.0569. The van der Waals surface area contributed by atoms with E-state index in [2.05, 4.69) is 15.4 Å². The fraction of sp³-hybridized carbons (Fsp3) is 0.250. The summed E-state index contributed by atoms with van der Waals surface area (Å²) in [5.74, 6) is -0.113. The third kappa shape index (κ3) is 3.57. The number of hydrogen-bond acceptors (Lipinski definition) is 6. The summed E-state index contributed by atoms with van der Waals surface area (Å²) < 4.78 is 14.3. The van der Waals surface area contributed by atoms with E-state index in [4.69, 9.17) is 9.47 Å². The van der Waals surface area contributed by atoms with Crippen molar-refractivity contribution in [2.45, 2.75) is 18.6 Å². The first-order chi connectivity index (χ1) is 16.5. The summed E-state index contributed by atoms with van der Waals surface area (Å²) in [5, 5.41) is 6.83. The Bertz CT molecular complexity index is 1400. The van der Waals surface area contributed by atoms with Crippen molar-refractivity contribution < 1.29 is 19.1 Å². The van der Waals surface area contributed by atoms with Gasteiger partial charge in [-0.3, -0.25) is 10.1 Å². The van der Waals surface area contributed by atoms with Crippen molar-refractivity contribution in [1.29, 1.82) is 0 Å². The lowest BCUT2D eigenvalue weighted by Gasteiger charge is -2.26. The highest BCUT2D eigenvalue weighted by atomic mass is 16.6. The molecule has 2 amide bonds. The average Bonchev–Trinajstić information content (AvgIpc) is 3.63. The number of aromatic nitrogens is 4. The van der Waals surface area contributed by atoms with Gasteiger partial charge in [0.25, 0.3) is 5.91 Å². The molecule has 0 spiro atoms. The zero-order valence-electron chi connectivity index (χ0n) is 18.4. The lowest BCUT2D eigenvalue weighted by atomic mass is 10.2. The quantitative estimate of drug-likeness (QED) is 0.504. The van der Waals surface area contributed by atoms with Gasteiger partial charge >= 0.3 is 6.09 Å². The van der Waals surface area contributed by atoms with Gasteiger partial charge in [-0.25, -0.2) is 14.5 Å². The van der Waals surface area contributed by atoms with Crippen molar-refractivity contribution in [2.75, 3.05) is 18.5 Å². The van der Waals surface area contributed by atoms with E-state index >= 15 is 0 Å². The molecule has 1 N–H and O–H groups in total. The number of aryl methyl sites for hydroxylation is 1. The van der Waals surface area contributed by atoms with E-state index in [9.17, 15) is 9.59 Å². The number of carbonyl (C=O) groups excluding carboxylic acids is 2. The Morgan fingerprint density at radius 3 is 2.82 bits per heavy atom. The van der Waals surface area contributed by atoms with E-state index < -0.39 is 6.09 Å². The van der Waals surface area contributed by atoms with Gasteiger partial charge in [-0.15, -0.1) is 0 Å². The number of benzene rings is 1. The van der Waals surface area contributed by atoms with Gasteiger partial charge in [0, 0.05) is 43.3 Å². The van der Waals surface area contributed by atoms with E-state index in [-0.39, 0.29) is 29.5 Å². The number of fused-ring (bicyclic) bond motifs is 3. The highest BCUT2D eigenvalue weighted by molar-refractivity contribution is 5.98. The number of amides is 2. The minimum Gasteiger partial charge on any atom is -0.390 e. The van der Waals surface area contributed by atoms with Crippen molar-refractivity contribution >= 4 is 23.3 Å². The SMILES string of the molecule is Cn1ncc(C(=O)N2C[C@@H]3C[C@H]2CO3)c1OC(=O)Nc1ccn2cc(-c3ccccc3)nc2c1. The average molecular weight is 458 g/mol. The number of hydrogen-bond donors (Lipinski definition) is 1. The van der Waals surface area contributed by atoms with Crippen molar-refractivity contribution in [2.24, 2.45) is 7.05 Å². The molecule has 0 aliphatic carbocycles. The highest BCUT2D eigenvalue weighted by Crippen LogP contribution is 2.31. The lowest BCUT2D eigenvalue weighted by Crippen LogP contribution is -2.41. The van der Waals surface area contributed by atoms with Crippen molar-refractivity contribution in [3.63, 3.8) is 0 Å². The van der Waals surface area contributed by atoms with Crippen LogP contribution in [0.1, 0.15) is 16.8 Å². The van der Waals surface area contributed by atoms with Crippen LogP contribution in [0.15, 0.2) is 61.1 Å². The monoisotopic (exact) mass is 458 g/mol. The van der Waals surface area contributed by atoms with Crippen LogP contribution in [0.3, 0.4) is 0 Å². The number of imidazole rings is 1. The van der Waals surface area contributed by atoms with E-state index in [1.165, 1.54) is 10.9 Å². The van der Waals surface area contributed by atoms with Gasteiger partial charge in [-0.05, 0) is 12.5 Å². The van der Waals surface area contributed by atoms with Crippen LogP contribution in [-0.2, 0) is 11.8 Å². The Morgan fingerprint density at radius 1 is 1.21 bits per heavy atom. The number of pyridine rings is 1. The lowest BCUT2D eigenvalue weighted by molar-refractivity contribution is 0.0257. The number of anilines is 1. The van der Waals surface area contributed by atoms with Crippen LogP contribution in [0.25, 0.3) is 16.9 Å². The zero-order chi connectivity index (χ0) is 23.2. The van der Waals surface area contributed by atoms with E-state index in [0.29, 0.717) is 24.5 Å². The van der Waals surface area contributed by atoms with Crippen LogP contribution in [0.4, 0.5) is 10.5 Å². The number of nitrogens with zero attached hydrogens (tertiary/aromatic N) is 5. The summed E-state index contributed by atoms with van der Waals surface area (Å²) in [5.41, 5.74) is 3.29. The first-order valence-electron chi connectivity index (χ1n) is 11.0. The van der Waals surface area contributed by atoms with Crippen molar-refractivity contribution in [1.82, 2.24) is 24.1 Å². The molecule has 2 fully saturated rings. The van der Waals surface area contributed by atoms with E-state index in [1.807, 2.05) is 47.1 Å². The smallest absolute Gasteiger partial charge is 0.390 e. The molecule has 3 aromatic heterocycles. The molecular formula is C24H22N6O4. The molecule has 2 bridgehead atoms. The maximum absolute atomic E-state index is 13.1. The molecule has 6 rings (SSSR count). The number of likely N-dealkylation sites (tertiary alicyclic amines) is 1. The molecule has 2 aliphatic heterocycles. The van der Waals surface area contributed by atoms with Crippen LogP contribution in [0.5, 0.6) is 5.88 Å². The third-order valence-electron chi connectivity index (χ3n) is 6.24. The first-order valence-corrected chi connectivity index (χ1v) is 11.0. The third-order valence-corrected chi connectivity index (χ3v) is 6.24. The molecular weight excluding hydrogens is 436 g/mol. The highest BCUT2D eigenvalue weighted by Gasteiger charge is 2.42. The summed E-state index contributed by atoms with van der Waals surface area (Å²) in [7, 11) is 1.63. The Kier molecular flexibility index (Phi) is 4.80. The Balaban J connectivity index is 1.18. The number of morpholine rings is 1. The summed E-state index contributed by atoms with van der Waals surface area (Å²) in [6.07, 6.45) is 5.37. The van der Waals surface area contributed by atoms with Gasteiger partial charge in [0.15, 0.2) is 0 Å². The molecule has 34 heavy (non-hydrogen) atoms. The second kappa shape index (κ2) is 7.99. The molecule has 10 nitrogen and oxygen atoms in total.